The van der Waals surface area contributed by atoms with Crippen LogP contribution in [0.4, 0.5) is 0 Å². The van der Waals surface area contributed by atoms with Crippen molar-refractivity contribution in [2.45, 2.75) is 23.8 Å². The van der Waals surface area contributed by atoms with E-state index in [0.29, 0.717) is 12.0 Å². The van der Waals surface area contributed by atoms with Crippen LogP contribution >= 0.6 is 11.8 Å². The van der Waals surface area contributed by atoms with Gasteiger partial charge in [-0.25, -0.2) is 0 Å². The molecule has 2 atom stereocenters. The van der Waals surface area contributed by atoms with Crippen LogP contribution in [0.2, 0.25) is 0 Å². The van der Waals surface area contributed by atoms with E-state index in [0.717, 1.165) is 12.3 Å². The molecule has 2 nitrogen and oxygen atoms in total. The second kappa shape index (κ2) is 5.21. The predicted octanol–water partition coefficient (Wildman–Crippen LogP) is 3.82. The fourth-order valence-corrected chi connectivity index (χ4v) is 3.92. The third-order valence-corrected chi connectivity index (χ3v) is 4.67. The first-order chi connectivity index (χ1) is 8.90. The number of likely N-dealkylation sites (N-methyl/N-ethyl adjacent to an activating group) is 1. The molecule has 94 valence electrons. The van der Waals surface area contributed by atoms with Crippen LogP contribution in [0.1, 0.15) is 30.0 Å². The highest BCUT2D eigenvalue weighted by Crippen LogP contribution is 2.45. The number of fused-ring (bicyclic) bond motifs is 1. The van der Waals surface area contributed by atoms with Crippen LogP contribution in [0.15, 0.2) is 52.2 Å². The molecule has 0 saturated heterocycles. The lowest BCUT2D eigenvalue weighted by molar-refractivity contribution is 0.475. The second-order valence-electron chi connectivity index (χ2n) is 4.55. The normalized spacial score (nSPS) is 19.7. The summed E-state index contributed by atoms with van der Waals surface area (Å²) in [6.07, 6.45) is 3.62. The van der Waals surface area contributed by atoms with Gasteiger partial charge in [0.15, 0.2) is 0 Å². The summed E-state index contributed by atoms with van der Waals surface area (Å²) in [5.41, 5.74) is 2.72. The van der Waals surface area contributed by atoms with Gasteiger partial charge in [0.05, 0.1) is 12.5 Å². The van der Waals surface area contributed by atoms with Gasteiger partial charge in [-0.3, -0.25) is 0 Å². The smallest absolute Gasteiger partial charge is 0.0950 e. The largest absolute Gasteiger partial charge is 0.472 e. The van der Waals surface area contributed by atoms with Crippen molar-refractivity contribution in [1.82, 2.24) is 5.32 Å². The summed E-state index contributed by atoms with van der Waals surface area (Å²) in [6, 6.07) is 11.1. The molecule has 0 amide bonds. The van der Waals surface area contributed by atoms with E-state index in [9.17, 15) is 0 Å². The molecular weight excluding hydrogens is 242 g/mol. The first kappa shape index (κ1) is 11.9. The molecular formula is C15H17NOS. The van der Waals surface area contributed by atoms with Crippen LogP contribution in [-0.4, -0.2) is 12.3 Å². The minimum absolute atomic E-state index is 0.352. The first-order valence-corrected chi connectivity index (χ1v) is 7.36. The van der Waals surface area contributed by atoms with E-state index >= 15 is 0 Å². The number of nitrogens with one attached hydrogen (secondary N) is 1. The Morgan fingerprint density at radius 1 is 1.39 bits per heavy atom. The fraction of sp³-hybridized carbons (Fsp3) is 0.333. The SMILES string of the molecule is CCNC(c1ccoc1)C1CSc2ccccc21. The maximum atomic E-state index is 5.24. The van der Waals surface area contributed by atoms with Crippen molar-refractivity contribution in [3.63, 3.8) is 0 Å². The highest BCUT2D eigenvalue weighted by Gasteiger charge is 2.31. The molecule has 1 N–H and O–H groups in total. The molecule has 0 saturated carbocycles. The maximum Gasteiger partial charge on any atom is 0.0950 e. The van der Waals surface area contributed by atoms with Crippen molar-refractivity contribution < 1.29 is 4.42 Å². The van der Waals surface area contributed by atoms with Crippen molar-refractivity contribution in [2.24, 2.45) is 0 Å². The predicted molar refractivity (Wildman–Crippen MR) is 75.0 cm³/mol. The molecule has 2 aromatic rings. The summed E-state index contributed by atoms with van der Waals surface area (Å²) >= 11 is 1.96. The van der Waals surface area contributed by atoms with Crippen LogP contribution in [0, 0.1) is 0 Å². The van der Waals surface area contributed by atoms with E-state index in [1.165, 1.54) is 16.0 Å². The Bertz CT molecular complexity index is 507. The summed E-state index contributed by atoms with van der Waals surface area (Å²) in [5.74, 6) is 1.67. The molecule has 2 unspecified atom stereocenters. The Morgan fingerprint density at radius 2 is 2.28 bits per heavy atom. The molecule has 1 aromatic heterocycles. The van der Waals surface area contributed by atoms with E-state index < -0.39 is 0 Å². The minimum Gasteiger partial charge on any atom is -0.472 e. The van der Waals surface area contributed by atoms with Gasteiger partial charge in [-0.15, -0.1) is 11.8 Å². The summed E-state index contributed by atoms with van der Waals surface area (Å²) in [5, 5.41) is 3.59. The Labute approximate surface area is 112 Å². The van der Waals surface area contributed by atoms with Gasteiger partial charge in [-0.2, -0.15) is 0 Å². The van der Waals surface area contributed by atoms with Crippen molar-refractivity contribution in [3.05, 3.63) is 54.0 Å². The molecule has 3 heteroatoms. The van der Waals surface area contributed by atoms with Gasteiger partial charge in [0.25, 0.3) is 0 Å². The molecule has 0 aliphatic carbocycles. The molecule has 0 radical (unpaired) electrons. The highest BCUT2D eigenvalue weighted by atomic mass is 32.2. The van der Waals surface area contributed by atoms with Gasteiger partial charge < -0.3 is 9.73 Å². The van der Waals surface area contributed by atoms with E-state index in [4.69, 9.17) is 4.42 Å². The van der Waals surface area contributed by atoms with Gasteiger partial charge >= 0.3 is 0 Å². The molecule has 0 spiro atoms. The zero-order chi connectivity index (χ0) is 12.4. The topological polar surface area (TPSA) is 25.2 Å². The number of furan rings is 1. The number of rotatable bonds is 4. The number of hydrogen-bond acceptors (Lipinski definition) is 3. The van der Waals surface area contributed by atoms with Crippen molar-refractivity contribution in [3.8, 4) is 0 Å². The quantitative estimate of drug-likeness (QED) is 0.903. The molecule has 1 aromatic carbocycles. The van der Waals surface area contributed by atoms with Gasteiger partial charge in [0, 0.05) is 28.2 Å². The Balaban J connectivity index is 1.93. The summed E-state index contributed by atoms with van der Waals surface area (Å²) < 4.78 is 5.24. The number of benzene rings is 1. The number of hydrogen-bond donors (Lipinski definition) is 1. The molecule has 2 heterocycles. The average Bonchev–Trinajstić information content (AvgIpc) is 3.06. The monoisotopic (exact) mass is 259 g/mol. The Kier molecular flexibility index (Phi) is 3.43. The molecule has 0 fully saturated rings. The average molecular weight is 259 g/mol. The van der Waals surface area contributed by atoms with Crippen LogP contribution in [0.3, 0.4) is 0 Å². The van der Waals surface area contributed by atoms with E-state index in [1.807, 2.05) is 18.0 Å². The lowest BCUT2D eigenvalue weighted by atomic mass is 9.90. The van der Waals surface area contributed by atoms with Crippen molar-refractivity contribution in [2.75, 3.05) is 12.3 Å². The Morgan fingerprint density at radius 3 is 3.06 bits per heavy atom. The fourth-order valence-electron chi connectivity index (χ4n) is 2.63. The van der Waals surface area contributed by atoms with Crippen LogP contribution in [0.5, 0.6) is 0 Å². The zero-order valence-corrected chi connectivity index (χ0v) is 11.2. The minimum atomic E-state index is 0.352. The lowest BCUT2D eigenvalue weighted by Crippen LogP contribution is -2.26. The van der Waals surface area contributed by atoms with Crippen LogP contribution in [0.25, 0.3) is 0 Å². The van der Waals surface area contributed by atoms with Gasteiger partial charge in [0.1, 0.15) is 0 Å². The third kappa shape index (κ3) is 2.08. The zero-order valence-electron chi connectivity index (χ0n) is 10.4. The lowest BCUT2D eigenvalue weighted by Gasteiger charge is -2.23. The molecule has 1 aliphatic heterocycles. The molecule has 18 heavy (non-hydrogen) atoms. The molecule has 1 aliphatic rings. The second-order valence-corrected chi connectivity index (χ2v) is 5.61. The Hall–Kier alpha value is -1.19. The van der Waals surface area contributed by atoms with Gasteiger partial charge in [-0.05, 0) is 24.2 Å². The van der Waals surface area contributed by atoms with E-state index in [1.54, 1.807) is 6.26 Å². The van der Waals surface area contributed by atoms with Crippen LogP contribution in [-0.2, 0) is 0 Å². The van der Waals surface area contributed by atoms with Crippen molar-refractivity contribution >= 4 is 11.8 Å². The number of thioether (sulfide) groups is 1. The van der Waals surface area contributed by atoms with Gasteiger partial charge in [-0.1, -0.05) is 25.1 Å². The van der Waals surface area contributed by atoms with E-state index in [2.05, 4.69) is 42.6 Å². The summed E-state index contributed by atoms with van der Waals surface area (Å²) in [4.78, 5) is 1.42. The maximum absolute atomic E-state index is 5.24. The highest BCUT2D eigenvalue weighted by molar-refractivity contribution is 7.99. The van der Waals surface area contributed by atoms with Crippen LogP contribution < -0.4 is 5.32 Å². The van der Waals surface area contributed by atoms with Gasteiger partial charge in [0.2, 0.25) is 0 Å². The molecule has 3 rings (SSSR count). The first-order valence-electron chi connectivity index (χ1n) is 6.37. The summed E-state index contributed by atoms with van der Waals surface area (Å²) in [6.45, 7) is 3.13. The van der Waals surface area contributed by atoms with Crippen molar-refractivity contribution in [1.29, 1.82) is 0 Å². The molecule has 0 bridgehead atoms. The summed E-state index contributed by atoms with van der Waals surface area (Å²) in [7, 11) is 0. The third-order valence-electron chi connectivity index (χ3n) is 3.47. The van der Waals surface area contributed by atoms with E-state index in [-0.39, 0.29) is 0 Å². The standard InChI is InChI=1S/C15H17NOS/c1-2-16-15(11-7-8-17-9-11)13-10-18-14-6-4-3-5-12(13)14/h3-9,13,15-16H,2,10H2,1H3.